The standard InChI is InChI=1S/C31H28F3NO2/c1-22(24-11-6-3-7-12-24)35(21-23-9-4-2-5-10-23)29(20-30(36)37)27-14-8-13-26(19-27)25-15-17-28(18-16-25)31(32,33)34/h2-19,22,29H,20-21H2,1H3,(H,36,37)/t22-,29+/m1/s1. The van der Waals surface area contributed by atoms with Crippen molar-refractivity contribution in [3.63, 3.8) is 0 Å². The van der Waals surface area contributed by atoms with Crippen LogP contribution in [0.25, 0.3) is 11.1 Å². The van der Waals surface area contributed by atoms with Crippen LogP contribution in [0.2, 0.25) is 0 Å². The van der Waals surface area contributed by atoms with Gasteiger partial charge in [-0.2, -0.15) is 13.2 Å². The maximum Gasteiger partial charge on any atom is 0.416 e. The van der Waals surface area contributed by atoms with Crippen LogP contribution in [0.15, 0.2) is 109 Å². The van der Waals surface area contributed by atoms with Crippen LogP contribution in [-0.2, 0) is 17.5 Å². The SMILES string of the molecule is C[C@H](c1ccccc1)N(Cc1ccccc1)[C@@H](CC(=O)O)c1cccc(-c2ccc(C(F)(F)F)cc2)c1. The first kappa shape index (κ1) is 26.2. The zero-order valence-corrected chi connectivity index (χ0v) is 20.4. The average molecular weight is 504 g/mol. The van der Waals surface area contributed by atoms with Gasteiger partial charge >= 0.3 is 12.1 Å². The lowest BCUT2D eigenvalue weighted by molar-refractivity contribution is -0.139. The molecular weight excluding hydrogens is 475 g/mol. The van der Waals surface area contributed by atoms with Crippen molar-refractivity contribution in [2.24, 2.45) is 0 Å². The van der Waals surface area contributed by atoms with Crippen molar-refractivity contribution in [1.82, 2.24) is 4.90 Å². The molecule has 0 aromatic heterocycles. The number of carbonyl (C=O) groups is 1. The lowest BCUT2D eigenvalue weighted by Gasteiger charge is -2.37. The number of carboxylic acids is 1. The predicted octanol–water partition coefficient (Wildman–Crippen LogP) is 8.15. The molecule has 0 unspecified atom stereocenters. The molecule has 0 spiro atoms. The third-order valence-corrected chi connectivity index (χ3v) is 6.57. The Morgan fingerprint density at radius 1 is 0.784 bits per heavy atom. The molecule has 4 aromatic carbocycles. The Morgan fingerprint density at radius 3 is 1.97 bits per heavy atom. The fourth-order valence-corrected chi connectivity index (χ4v) is 4.60. The minimum Gasteiger partial charge on any atom is -0.481 e. The van der Waals surface area contributed by atoms with Crippen LogP contribution in [0.5, 0.6) is 0 Å². The number of hydrogen-bond acceptors (Lipinski definition) is 2. The van der Waals surface area contributed by atoms with Gasteiger partial charge in [0.05, 0.1) is 12.0 Å². The van der Waals surface area contributed by atoms with Gasteiger partial charge < -0.3 is 5.11 Å². The molecule has 0 bridgehead atoms. The third-order valence-electron chi connectivity index (χ3n) is 6.57. The molecule has 6 heteroatoms. The lowest BCUT2D eigenvalue weighted by atomic mass is 9.94. The zero-order valence-electron chi connectivity index (χ0n) is 20.4. The van der Waals surface area contributed by atoms with Crippen LogP contribution in [-0.4, -0.2) is 16.0 Å². The van der Waals surface area contributed by atoms with E-state index in [9.17, 15) is 23.1 Å². The van der Waals surface area contributed by atoms with Crippen LogP contribution < -0.4 is 0 Å². The molecule has 1 N–H and O–H groups in total. The van der Waals surface area contributed by atoms with Gasteiger partial charge in [-0.1, -0.05) is 91.0 Å². The summed E-state index contributed by atoms with van der Waals surface area (Å²) in [6, 6.07) is 31.7. The number of benzene rings is 4. The molecule has 0 heterocycles. The maximum absolute atomic E-state index is 13.0. The Kier molecular flexibility index (Phi) is 8.09. The average Bonchev–Trinajstić information content (AvgIpc) is 2.91. The summed E-state index contributed by atoms with van der Waals surface area (Å²) in [5, 5.41) is 9.87. The Bertz CT molecular complexity index is 1310. The van der Waals surface area contributed by atoms with Gasteiger partial charge in [0.2, 0.25) is 0 Å². The number of nitrogens with zero attached hydrogens (tertiary/aromatic N) is 1. The maximum atomic E-state index is 13.0. The Balaban J connectivity index is 1.75. The summed E-state index contributed by atoms with van der Waals surface area (Å²) in [4.78, 5) is 14.2. The number of carboxylic acid groups (broad SMARTS) is 1. The molecule has 3 nitrogen and oxygen atoms in total. The largest absolute Gasteiger partial charge is 0.481 e. The highest BCUT2D eigenvalue weighted by molar-refractivity contribution is 5.69. The number of alkyl halides is 3. The quantitative estimate of drug-likeness (QED) is 0.251. The Labute approximate surface area is 214 Å². The van der Waals surface area contributed by atoms with Gasteiger partial charge in [-0.15, -0.1) is 0 Å². The van der Waals surface area contributed by atoms with Gasteiger partial charge in [-0.05, 0) is 52.9 Å². The van der Waals surface area contributed by atoms with Crippen LogP contribution >= 0.6 is 0 Å². The van der Waals surface area contributed by atoms with E-state index in [4.69, 9.17) is 0 Å². The highest BCUT2D eigenvalue weighted by Crippen LogP contribution is 2.37. The van der Waals surface area contributed by atoms with Gasteiger partial charge in [-0.3, -0.25) is 9.69 Å². The summed E-state index contributed by atoms with van der Waals surface area (Å²) in [6.07, 6.45) is -4.53. The van der Waals surface area contributed by atoms with Crippen LogP contribution in [0, 0.1) is 0 Å². The van der Waals surface area contributed by atoms with E-state index in [0.29, 0.717) is 12.1 Å². The first-order chi connectivity index (χ1) is 17.7. The number of halogens is 3. The summed E-state index contributed by atoms with van der Waals surface area (Å²) in [5.41, 5.74) is 3.57. The van der Waals surface area contributed by atoms with E-state index in [0.717, 1.165) is 34.4 Å². The molecule has 0 aliphatic rings. The molecular formula is C31H28F3NO2. The lowest BCUT2D eigenvalue weighted by Crippen LogP contribution is -2.32. The highest BCUT2D eigenvalue weighted by Gasteiger charge is 2.31. The van der Waals surface area contributed by atoms with E-state index in [1.165, 1.54) is 12.1 Å². The van der Waals surface area contributed by atoms with Crippen LogP contribution in [0.1, 0.15) is 47.7 Å². The fourth-order valence-electron chi connectivity index (χ4n) is 4.60. The first-order valence-corrected chi connectivity index (χ1v) is 12.1. The second kappa shape index (κ2) is 11.4. The summed E-state index contributed by atoms with van der Waals surface area (Å²) in [7, 11) is 0. The summed E-state index contributed by atoms with van der Waals surface area (Å²) < 4.78 is 39.1. The second-order valence-corrected chi connectivity index (χ2v) is 9.06. The molecule has 0 saturated carbocycles. The molecule has 0 saturated heterocycles. The van der Waals surface area contributed by atoms with Crippen LogP contribution in [0.4, 0.5) is 13.2 Å². The summed E-state index contributed by atoms with van der Waals surface area (Å²) >= 11 is 0. The van der Waals surface area contributed by atoms with Crippen molar-refractivity contribution in [3.8, 4) is 11.1 Å². The topological polar surface area (TPSA) is 40.5 Å². The van der Waals surface area contributed by atoms with Gasteiger partial charge in [-0.25, -0.2) is 0 Å². The monoisotopic (exact) mass is 503 g/mol. The van der Waals surface area contributed by atoms with Crippen LogP contribution in [0.3, 0.4) is 0 Å². The summed E-state index contributed by atoms with van der Waals surface area (Å²) in [6.45, 7) is 2.59. The van der Waals surface area contributed by atoms with Gasteiger partial charge in [0.1, 0.15) is 0 Å². The van der Waals surface area contributed by atoms with Gasteiger partial charge in [0, 0.05) is 18.6 Å². The molecule has 0 radical (unpaired) electrons. The first-order valence-electron chi connectivity index (χ1n) is 12.1. The molecule has 37 heavy (non-hydrogen) atoms. The third kappa shape index (κ3) is 6.66. The van der Waals surface area contributed by atoms with Crippen molar-refractivity contribution in [1.29, 1.82) is 0 Å². The molecule has 0 aliphatic carbocycles. The van der Waals surface area contributed by atoms with E-state index in [1.807, 2.05) is 84.9 Å². The van der Waals surface area contributed by atoms with Gasteiger partial charge in [0.15, 0.2) is 0 Å². The predicted molar refractivity (Wildman–Crippen MR) is 139 cm³/mol. The van der Waals surface area contributed by atoms with E-state index in [1.54, 1.807) is 0 Å². The molecule has 190 valence electrons. The van der Waals surface area contributed by atoms with E-state index < -0.39 is 23.8 Å². The van der Waals surface area contributed by atoms with Crippen molar-refractivity contribution in [2.45, 2.75) is 38.1 Å². The number of aliphatic carboxylic acids is 1. The van der Waals surface area contributed by atoms with E-state index in [2.05, 4.69) is 11.8 Å². The minimum absolute atomic E-state index is 0.0968. The number of rotatable bonds is 9. The van der Waals surface area contributed by atoms with Crippen molar-refractivity contribution >= 4 is 5.97 Å². The van der Waals surface area contributed by atoms with E-state index in [-0.39, 0.29) is 12.5 Å². The fraction of sp³-hybridized carbons (Fsp3) is 0.194. The van der Waals surface area contributed by atoms with Crippen molar-refractivity contribution in [2.75, 3.05) is 0 Å². The molecule has 2 atom stereocenters. The molecule has 4 rings (SSSR count). The minimum atomic E-state index is -4.40. The molecule has 0 aliphatic heterocycles. The molecule has 0 amide bonds. The smallest absolute Gasteiger partial charge is 0.416 e. The number of hydrogen-bond donors (Lipinski definition) is 1. The second-order valence-electron chi connectivity index (χ2n) is 9.06. The van der Waals surface area contributed by atoms with Gasteiger partial charge in [0.25, 0.3) is 0 Å². The summed E-state index contributed by atoms with van der Waals surface area (Å²) in [5.74, 6) is -0.928. The molecule has 0 fully saturated rings. The van der Waals surface area contributed by atoms with Crippen molar-refractivity contribution < 1.29 is 23.1 Å². The highest BCUT2D eigenvalue weighted by atomic mass is 19.4. The van der Waals surface area contributed by atoms with E-state index >= 15 is 0 Å². The molecule has 4 aromatic rings. The normalized spacial score (nSPS) is 13.3. The Morgan fingerprint density at radius 2 is 1.38 bits per heavy atom. The van der Waals surface area contributed by atoms with Crippen molar-refractivity contribution in [3.05, 3.63) is 131 Å². The Hall–Kier alpha value is -3.90. The zero-order chi connectivity index (χ0) is 26.4.